The fourth-order valence-corrected chi connectivity index (χ4v) is 3.17. The van der Waals surface area contributed by atoms with E-state index in [1.165, 1.54) is 11.1 Å². The molecule has 1 amide bonds. The number of nitrogens with zero attached hydrogens (tertiary/aromatic N) is 1. The minimum absolute atomic E-state index is 0.00299. The van der Waals surface area contributed by atoms with Crippen molar-refractivity contribution in [2.24, 2.45) is 0 Å². The number of amides is 1. The van der Waals surface area contributed by atoms with Crippen LogP contribution in [0.25, 0.3) is 0 Å². The van der Waals surface area contributed by atoms with Crippen molar-refractivity contribution in [1.29, 1.82) is 0 Å². The lowest BCUT2D eigenvalue weighted by atomic mass is 10.1. The van der Waals surface area contributed by atoms with Gasteiger partial charge in [0.05, 0.1) is 0 Å². The number of fused-ring (bicyclic) bond motifs is 1. The summed E-state index contributed by atoms with van der Waals surface area (Å²) in [6, 6.07) is 17.8. The second-order valence-corrected chi connectivity index (χ2v) is 6.76. The van der Waals surface area contributed by atoms with Gasteiger partial charge in [-0.1, -0.05) is 18.2 Å². The van der Waals surface area contributed by atoms with E-state index in [0.29, 0.717) is 26.1 Å². The average Bonchev–Trinajstić information content (AvgIpc) is 2.74. The molecular weight excluding hydrogens is 352 g/mol. The van der Waals surface area contributed by atoms with E-state index in [9.17, 15) is 4.79 Å². The van der Waals surface area contributed by atoms with Crippen LogP contribution >= 0.6 is 0 Å². The van der Waals surface area contributed by atoms with Crippen LogP contribution in [0.1, 0.15) is 23.1 Å². The van der Waals surface area contributed by atoms with Gasteiger partial charge in [0.25, 0.3) is 0 Å². The Kier molecular flexibility index (Phi) is 5.52. The summed E-state index contributed by atoms with van der Waals surface area (Å²) in [4.78, 5) is 16.3. The van der Waals surface area contributed by atoms with Crippen molar-refractivity contribution >= 4 is 11.6 Å². The number of benzene rings is 2. The molecule has 1 aliphatic rings. The van der Waals surface area contributed by atoms with Gasteiger partial charge >= 0.3 is 0 Å². The van der Waals surface area contributed by atoms with Crippen molar-refractivity contribution in [2.75, 3.05) is 18.5 Å². The lowest BCUT2D eigenvalue weighted by molar-refractivity contribution is -0.116. The van der Waals surface area contributed by atoms with E-state index in [-0.39, 0.29) is 5.91 Å². The highest BCUT2D eigenvalue weighted by Gasteiger charge is 2.12. The minimum atomic E-state index is -0.00299. The van der Waals surface area contributed by atoms with Crippen molar-refractivity contribution in [3.63, 3.8) is 0 Å². The van der Waals surface area contributed by atoms with Crippen LogP contribution in [0.3, 0.4) is 0 Å². The molecule has 0 unspecified atom stereocenters. The van der Waals surface area contributed by atoms with Gasteiger partial charge in [-0.25, -0.2) is 0 Å². The summed E-state index contributed by atoms with van der Waals surface area (Å²) in [5.41, 5.74) is 4.28. The van der Waals surface area contributed by atoms with Crippen LogP contribution < -0.4 is 14.8 Å². The van der Waals surface area contributed by atoms with Crippen molar-refractivity contribution in [2.45, 2.75) is 19.3 Å². The molecule has 0 saturated heterocycles. The van der Waals surface area contributed by atoms with E-state index >= 15 is 0 Å². The Hall–Kier alpha value is -3.34. The van der Waals surface area contributed by atoms with E-state index in [4.69, 9.17) is 9.47 Å². The minimum Gasteiger partial charge on any atom is -0.486 e. The van der Waals surface area contributed by atoms with Crippen LogP contribution in [0, 0.1) is 0 Å². The molecule has 1 N–H and O–H groups in total. The van der Waals surface area contributed by atoms with E-state index < -0.39 is 0 Å². The average molecular weight is 374 g/mol. The summed E-state index contributed by atoms with van der Waals surface area (Å²) in [6.45, 7) is 1.14. The fraction of sp³-hybridized carbons (Fsp3) is 0.217. The third kappa shape index (κ3) is 4.68. The number of hydrogen-bond donors (Lipinski definition) is 1. The first kappa shape index (κ1) is 18.0. The molecule has 1 aromatic heterocycles. The van der Waals surface area contributed by atoms with Gasteiger partial charge in [-0.15, -0.1) is 0 Å². The lowest BCUT2D eigenvalue weighted by Gasteiger charge is -2.18. The van der Waals surface area contributed by atoms with Crippen LogP contribution in [-0.4, -0.2) is 24.1 Å². The molecule has 0 fully saturated rings. The Morgan fingerprint density at radius 1 is 0.857 bits per heavy atom. The number of hydrogen-bond acceptors (Lipinski definition) is 4. The third-order valence-electron chi connectivity index (χ3n) is 4.64. The first-order valence-corrected chi connectivity index (χ1v) is 9.42. The van der Waals surface area contributed by atoms with E-state index in [0.717, 1.165) is 29.2 Å². The number of ether oxygens (including phenoxy) is 2. The summed E-state index contributed by atoms with van der Waals surface area (Å²) in [5, 5.41) is 2.96. The number of aryl methyl sites for hydroxylation is 1. The van der Waals surface area contributed by atoms with Crippen LogP contribution in [0.15, 0.2) is 67.0 Å². The van der Waals surface area contributed by atoms with Gasteiger partial charge < -0.3 is 14.8 Å². The van der Waals surface area contributed by atoms with Crippen LogP contribution in [-0.2, 0) is 17.6 Å². The number of nitrogens with one attached hydrogen (secondary N) is 1. The van der Waals surface area contributed by atoms with Gasteiger partial charge in [-0.2, -0.15) is 0 Å². The maximum absolute atomic E-state index is 12.3. The standard InChI is InChI=1S/C23H22N2O3/c26-23(8-4-18-3-7-21-22(16-18)28-14-13-27-21)25-20-5-1-17(2-6-20)15-19-9-11-24-12-10-19/h1-3,5-7,9-12,16H,4,8,13-15H2,(H,25,26). The van der Waals surface area contributed by atoms with Crippen molar-refractivity contribution < 1.29 is 14.3 Å². The van der Waals surface area contributed by atoms with Crippen LogP contribution in [0.5, 0.6) is 11.5 Å². The Labute approximate surface area is 164 Å². The smallest absolute Gasteiger partial charge is 0.224 e. The molecule has 0 bridgehead atoms. The van der Waals surface area contributed by atoms with Gasteiger partial charge in [0.1, 0.15) is 13.2 Å². The molecule has 2 aromatic carbocycles. The quantitative estimate of drug-likeness (QED) is 0.708. The predicted molar refractivity (Wildman–Crippen MR) is 108 cm³/mol. The highest BCUT2D eigenvalue weighted by molar-refractivity contribution is 5.90. The Morgan fingerprint density at radius 3 is 2.32 bits per heavy atom. The molecule has 0 radical (unpaired) electrons. The zero-order valence-electron chi connectivity index (χ0n) is 15.6. The molecule has 3 aromatic rings. The maximum Gasteiger partial charge on any atom is 0.224 e. The number of carbonyl (C=O) groups excluding carboxylic acids is 1. The molecule has 2 heterocycles. The second-order valence-electron chi connectivity index (χ2n) is 6.76. The molecule has 0 atom stereocenters. The summed E-state index contributed by atoms with van der Waals surface area (Å²) >= 11 is 0. The van der Waals surface area contributed by atoms with Gasteiger partial charge in [-0.05, 0) is 65.9 Å². The molecule has 0 aliphatic carbocycles. The SMILES string of the molecule is O=C(CCc1ccc2c(c1)OCCO2)Nc1ccc(Cc2ccncc2)cc1. The summed E-state index contributed by atoms with van der Waals surface area (Å²) < 4.78 is 11.1. The Morgan fingerprint density at radius 2 is 1.54 bits per heavy atom. The summed E-state index contributed by atoms with van der Waals surface area (Å²) in [7, 11) is 0. The molecule has 4 rings (SSSR count). The number of pyridine rings is 1. The molecule has 5 heteroatoms. The Balaban J connectivity index is 1.29. The monoisotopic (exact) mass is 374 g/mol. The van der Waals surface area contributed by atoms with Gasteiger partial charge in [0, 0.05) is 24.5 Å². The normalized spacial score (nSPS) is 12.4. The molecule has 0 saturated carbocycles. The van der Waals surface area contributed by atoms with Crippen molar-refractivity contribution in [3.05, 3.63) is 83.7 Å². The highest BCUT2D eigenvalue weighted by atomic mass is 16.6. The summed E-state index contributed by atoms with van der Waals surface area (Å²) in [6.07, 6.45) is 5.51. The second kappa shape index (κ2) is 8.57. The predicted octanol–water partition coefficient (Wildman–Crippen LogP) is 4.01. The van der Waals surface area contributed by atoms with Gasteiger partial charge in [0.2, 0.25) is 5.91 Å². The van der Waals surface area contributed by atoms with E-state index in [1.807, 2.05) is 54.6 Å². The van der Waals surface area contributed by atoms with Gasteiger partial charge in [0.15, 0.2) is 11.5 Å². The molecule has 142 valence electrons. The highest BCUT2D eigenvalue weighted by Crippen LogP contribution is 2.31. The number of anilines is 1. The first-order chi connectivity index (χ1) is 13.8. The van der Waals surface area contributed by atoms with E-state index in [2.05, 4.69) is 10.3 Å². The van der Waals surface area contributed by atoms with Crippen LogP contribution in [0.2, 0.25) is 0 Å². The van der Waals surface area contributed by atoms with Gasteiger partial charge in [-0.3, -0.25) is 9.78 Å². The topological polar surface area (TPSA) is 60.5 Å². The third-order valence-corrected chi connectivity index (χ3v) is 4.64. The van der Waals surface area contributed by atoms with Crippen molar-refractivity contribution in [3.8, 4) is 11.5 Å². The zero-order chi connectivity index (χ0) is 19.2. The number of aromatic nitrogens is 1. The van der Waals surface area contributed by atoms with E-state index in [1.54, 1.807) is 12.4 Å². The molecular formula is C23H22N2O3. The first-order valence-electron chi connectivity index (χ1n) is 9.42. The number of rotatable bonds is 6. The molecule has 5 nitrogen and oxygen atoms in total. The molecule has 0 spiro atoms. The maximum atomic E-state index is 12.3. The molecule has 28 heavy (non-hydrogen) atoms. The lowest BCUT2D eigenvalue weighted by Crippen LogP contribution is -2.15. The largest absolute Gasteiger partial charge is 0.486 e. The Bertz CT molecular complexity index is 940. The van der Waals surface area contributed by atoms with Crippen molar-refractivity contribution in [1.82, 2.24) is 4.98 Å². The number of carbonyl (C=O) groups is 1. The summed E-state index contributed by atoms with van der Waals surface area (Å²) in [5.74, 6) is 1.53. The zero-order valence-corrected chi connectivity index (χ0v) is 15.6. The van der Waals surface area contributed by atoms with Crippen LogP contribution in [0.4, 0.5) is 5.69 Å². The fourth-order valence-electron chi connectivity index (χ4n) is 3.17. The molecule has 1 aliphatic heterocycles.